The van der Waals surface area contributed by atoms with Gasteiger partial charge in [-0.25, -0.2) is 4.98 Å². The summed E-state index contributed by atoms with van der Waals surface area (Å²) in [6.07, 6.45) is 1.59. The largest absolute Gasteiger partial charge is 0.496 e. The molecule has 5 heteroatoms. The Bertz CT molecular complexity index is 759. The number of furan rings is 1. The summed E-state index contributed by atoms with van der Waals surface area (Å²) in [5, 5.41) is 0. The third-order valence-corrected chi connectivity index (χ3v) is 3.44. The maximum absolute atomic E-state index is 5.84. The summed E-state index contributed by atoms with van der Waals surface area (Å²) >= 11 is 0. The standard InChI is InChI=1S/C17H17NO4/c1-11-14(19-3)6-4-7-15(11)21-10-13-12(2)22-17(18-13)16-8-5-9-20-16/h4-9H,10H2,1-3H3. The second kappa shape index (κ2) is 5.97. The average molecular weight is 299 g/mol. The number of rotatable bonds is 5. The first-order chi connectivity index (χ1) is 10.7. The normalized spacial score (nSPS) is 10.7. The van der Waals surface area contributed by atoms with Crippen molar-refractivity contribution < 1.29 is 18.3 Å². The fourth-order valence-corrected chi connectivity index (χ4v) is 2.19. The lowest BCUT2D eigenvalue weighted by molar-refractivity contribution is 0.294. The van der Waals surface area contributed by atoms with Crippen LogP contribution in [0, 0.1) is 13.8 Å². The maximum atomic E-state index is 5.84. The van der Waals surface area contributed by atoms with E-state index in [4.69, 9.17) is 18.3 Å². The van der Waals surface area contributed by atoms with Gasteiger partial charge in [0.15, 0.2) is 5.76 Å². The van der Waals surface area contributed by atoms with Crippen LogP contribution in [0.4, 0.5) is 0 Å². The number of hydrogen-bond acceptors (Lipinski definition) is 5. The zero-order chi connectivity index (χ0) is 15.5. The van der Waals surface area contributed by atoms with Gasteiger partial charge >= 0.3 is 0 Å². The fraction of sp³-hybridized carbons (Fsp3) is 0.235. The van der Waals surface area contributed by atoms with Crippen molar-refractivity contribution in [1.29, 1.82) is 0 Å². The van der Waals surface area contributed by atoms with E-state index >= 15 is 0 Å². The number of oxazole rings is 1. The van der Waals surface area contributed by atoms with E-state index in [-0.39, 0.29) is 0 Å². The van der Waals surface area contributed by atoms with Crippen LogP contribution in [-0.2, 0) is 6.61 Å². The Morgan fingerprint density at radius 1 is 1.09 bits per heavy atom. The molecule has 0 saturated heterocycles. The van der Waals surface area contributed by atoms with Gasteiger partial charge in [-0.3, -0.25) is 0 Å². The molecule has 0 saturated carbocycles. The van der Waals surface area contributed by atoms with Crippen LogP contribution < -0.4 is 9.47 Å². The molecule has 0 N–H and O–H groups in total. The van der Waals surface area contributed by atoms with Crippen molar-refractivity contribution in [2.24, 2.45) is 0 Å². The fourth-order valence-electron chi connectivity index (χ4n) is 2.19. The van der Waals surface area contributed by atoms with Gasteiger partial charge < -0.3 is 18.3 Å². The Morgan fingerprint density at radius 3 is 2.64 bits per heavy atom. The van der Waals surface area contributed by atoms with Crippen LogP contribution in [-0.4, -0.2) is 12.1 Å². The highest BCUT2D eigenvalue weighted by Crippen LogP contribution is 2.28. The lowest BCUT2D eigenvalue weighted by Crippen LogP contribution is -2.00. The van der Waals surface area contributed by atoms with Gasteiger partial charge in [-0.15, -0.1) is 0 Å². The first kappa shape index (κ1) is 14.3. The third kappa shape index (κ3) is 2.70. The van der Waals surface area contributed by atoms with E-state index in [1.807, 2.05) is 38.1 Å². The number of ether oxygens (including phenoxy) is 2. The smallest absolute Gasteiger partial charge is 0.263 e. The van der Waals surface area contributed by atoms with Gasteiger partial charge in [0.25, 0.3) is 5.89 Å². The summed E-state index contributed by atoms with van der Waals surface area (Å²) in [5.74, 6) is 3.34. The number of nitrogens with zero attached hydrogens (tertiary/aromatic N) is 1. The number of aromatic nitrogens is 1. The van der Waals surface area contributed by atoms with Crippen molar-refractivity contribution in [1.82, 2.24) is 4.98 Å². The monoisotopic (exact) mass is 299 g/mol. The quantitative estimate of drug-likeness (QED) is 0.708. The first-order valence-corrected chi connectivity index (χ1v) is 6.95. The van der Waals surface area contributed by atoms with Gasteiger partial charge in [0, 0.05) is 5.56 Å². The minimum Gasteiger partial charge on any atom is -0.496 e. The van der Waals surface area contributed by atoms with Crippen LogP contribution in [0.3, 0.4) is 0 Å². The molecule has 5 nitrogen and oxygen atoms in total. The van der Waals surface area contributed by atoms with Gasteiger partial charge in [0.1, 0.15) is 29.6 Å². The molecule has 3 aromatic rings. The summed E-state index contributed by atoms with van der Waals surface area (Å²) < 4.78 is 22.0. The van der Waals surface area contributed by atoms with Crippen LogP contribution >= 0.6 is 0 Å². The van der Waals surface area contributed by atoms with Crippen molar-refractivity contribution in [2.45, 2.75) is 20.5 Å². The second-order valence-electron chi connectivity index (χ2n) is 4.87. The molecule has 0 unspecified atom stereocenters. The van der Waals surface area contributed by atoms with Crippen LogP contribution in [0.15, 0.2) is 45.4 Å². The molecular formula is C17H17NO4. The predicted molar refractivity (Wildman–Crippen MR) is 81.0 cm³/mol. The molecule has 0 bridgehead atoms. The molecule has 114 valence electrons. The molecule has 0 spiro atoms. The molecule has 0 amide bonds. The van der Waals surface area contributed by atoms with Crippen molar-refractivity contribution in [3.8, 4) is 23.1 Å². The van der Waals surface area contributed by atoms with Gasteiger partial charge in [-0.1, -0.05) is 6.07 Å². The van der Waals surface area contributed by atoms with E-state index in [0.29, 0.717) is 24.0 Å². The van der Waals surface area contributed by atoms with Crippen molar-refractivity contribution in [2.75, 3.05) is 7.11 Å². The number of benzene rings is 1. The van der Waals surface area contributed by atoms with E-state index in [1.54, 1.807) is 19.4 Å². The van der Waals surface area contributed by atoms with E-state index in [9.17, 15) is 0 Å². The molecule has 0 radical (unpaired) electrons. The predicted octanol–water partition coefficient (Wildman–Crippen LogP) is 4.14. The van der Waals surface area contributed by atoms with Crippen molar-refractivity contribution in [3.05, 3.63) is 53.6 Å². The summed E-state index contributed by atoms with van der Waals surface area (Å²) in [6, 6.07) is 9.30. The Labute approximate surface area is 128 Å². The van der Waals surface area contributed by atoms with Gasteiger partial charge in [0.05, 0.1) is 13.4 Å². The van der Waals surface area contributed by atoms with E-state index in [2.05, 4.69) is 4.98 Å². The van der Waals surface area contributed by atoms with Crippen LogP contribution in [0.2, 0.25) is 0 Å². The number of aryl methyl sites for hydroxylation is 1. The van der Waals surface area contributed by atoms with Crippen LogP contribution in [0.1, 0.15) is 17.0 Å². The molecule has 0 atom stereocenters. The molecule has 1 aromatic carbocycles. The number of hydrogen-bond donors (Lipinski definition) is 0. The zero-order valence-electron chi connectivity index (χ0n) is 12.8. The van der Waals surface area contributed by atoms with Gasteiger partial charge in [-0.05, 0) is 38.1 Å². The third-order valence-electron chi connectivity index (χ3n) is 3.44. The molecular weight excluding hydrogens is 282 g/mol. The molecule has 0 aliphatic rings. The first-order valence-electron chi connectivity index (χ1n) is 6.95. The van der Waals surface area contributed by atoms with Gasteiger partial charge in [0.2, 0.25) is 0 Å². The highest BCUT2D eigenvalue weighted by molar-refractivity contribution is 5.45. The average Bonchev–Trinajstić information content (AvgIpc) is 3.16. The van der Waals surface area contributed by atoms with E-state index < -0.39 is 0 Å². The molecule has 2 heterocycles. The zero-order valence-corrected chi connectivity index (χ0v) is 12.8. The highest BCUT2D eigenvalue weighted by atomic mass is 16.5. The minimum atomic E-state index is 0.323. The lowest BCUT2D eigenvalue weighted by Gasteiger charge is -2.11. The molecule has 0 aliphatic heterocycles. The van der Waals surface area contributed by atoms with Crippen LogP contribution in [0.25, 0.3) is 11.7 Å². The summed E-state index contributed by atoms with van der Waals surface area (Å²) in [7, 11) is 1.64. The molecule has 2 aromatic heterocycles. The molecule has 0 fully saturated rings. The van der Waals surface area contributed by atoms with Crippen LogP contribution in [0.5, 0.6) is 11.5 Å². The molecule has 3 rings (SSSR count). The van der Waals surface area contributed by atoms with E-state index in [1.165, 1.54) is 0 Å². The highest BCUT2D eigenvalue weighted by Gasteiger charge is 2.14. The van der Waals surface area contributed by atoms with Gasteiger partial charge in [-0.2, -0.15) is 0 Å². The Hall–Kier alpha value is -2.69. The minimum absolute atomic E-state index is 0.323. The van der Waals surface area contributed by atoms with Crippen molar-refractivity contribution >= 4 is 0 Å². The van der Waals surface area contributed by atoms with E-state index in [0.717, 1.165) is 22.8 Å². The second-order valence-corrected chi connectivity index (χ2v) is 4.87. The molecule has 0 aliphatic carbocycles. The Kier molecular flexibility index (Phi) is 3.87. The SMILES string of the molecule is COc1cccc(OCc2nc(-c3ccco3)oc2C)c1C. The summed E-state index contributed by atoms with van der Waals surface area (Å²) in [4.78, 5) is 4.42. The Morgan fingerprint density at radius 2 is 1.91 bits per heavy atom. The molecule has 22 heavy (non-hydrogen) atoms. The Balaban J connectivity index is 1.77. The summed E-state index contributed by atoms with van der Waals surface area (Å²) in [6.45, 7) is 4.14. The lowest BCUT2D eigenvalue weighted by atomic mass is 10.2. The van der Waals surface area contributed by atoms with Crippen molar-refractivity contribution in [3.63, 3.8) is 0 Å². The number of methoxy groups -OCH3 is 1. The summed E-state index contributed by atoms with van der Waals surface area (Å²) in [5.41, 5.74) is 1.70. The topological polar surface area (TPSA) is 57.6 Å². The maximum Gasteiger partial charge on any atom is 0.263 e.